The molecule has 4 nitrogen and oxygen atoms in total. The molecule has 0 aliphatic heterocycles. The van der Waals surface area contributed by atoms with Gasteiger partial charge in [-0.2, -0.15) is 11.3 Å². The van der Waals surface area contributed by atoms with Crippen LogP contribution in [0, 0.1) is 0 Å². The summed E-state index contributed by atoms with van der Waals surface area (Å²) in [6.45, 7) is 1.27. The van der Waals surface area contributed by atoms with Gasteiger partial charge in [-0.3, -0.25) is 0 Å². The van der Waals surface area contributed by atoms with Crippen LogP contribution in [0.3, 0.4) is 0 Å². The van der Waals surface area contributed by atoms with Crippen molar-refractivity contribution in [3.63, 3.8) is 0 Å². The minimum atomic E-state index is -0.106. The van der Waals surface area contributed by atoms with E-state index in [9.17, 15) is 4.79 Å². The molecule has 1 heterocycles. The van der Waals surface area contributed by atoms with Gasteiger partial charge in [0, 0.05) is 20.2 Å². The highest BCUT2D eigenvalue weighted by molar-refractivity contribution is 7.07. The number of hydrogen-bond acceptors (Lipinski definition) is 3. The number of nitrogens with one attached hydrogen (secondary N) is 2. The molecule has 1 saturated carbocycles. The summed E-state index contributed by atoms with van der Waals surface area (Å²) in [6.07, 6.45) is 4.15. The monoisotopic (exact) mass is 268 g/mol. The van der Waals surface area contributed by atoms with Crippen LogP contribution in [0.15, 0.2) is 16.8 Å². The van der Waals surface area contributed by atoms with Crippen LogP contribution in [0.2, 0.25) is 0 Å². The topological polar surface area (TPSA) is 50.4 Å². The molecule has 1 fully saturated rings. The van der Waals surface area contributed by atoms with E-state index in [1.54, 1.807) is 18.4 Å². The van der Waals surface area contributed by atoms with Gasteiger partial charge in [-0.05, 0) is 48.1 Å². The molecule has 1 aliphatic carbocycles. The minimum Gasteiger partial charge on any atom is -0.376 e. The number of hydrogen-bond donors (Lipinski definition) is 2. The Morgan fingerprint density at radius 2 is 2.33 bits per heavy atom. The molecule has 0 unspecified atom stereocenters. The molecular weight excluding hydrogens is 248 g/mol. The Hall–Kier alpha value is -1.07. The lowest BCUT2D eigenvalue weighted by atomic mass is 9.80. The summed E-state index contributed by atoms with van der Waals surface area (Å²) in [5.74, 6) is 0. The number of rotatable bonds is 6. The summed E-state index contributed by atoms with van der Waals surface area (Å²) < 4.78 is 5.45. The molecule has 0 saturated heterocycles. The van der Waals surface area contributed by atoms with Crippen molar-refractivity contribution in [2.45, 2.75) is 31.3 Å². The first kappa shape index (κ1) is 13.4. The molecule has 0 aromatic carbocycles. The number of carbonyl (C=O) groups excluding carboxylic acids is 1. The van der Waals surface area contributed by atoms with Crippen LogP contribution in [-0.2, 0) is 11.2 Å². The van der Waals surface area contributed by atoms with E-state index in [0.29, 0.717) is 13.1 Å². The first-order valence-electron chi connectivity index (χ1n) is 6.32. The van der Waals surface area contributed by atoms with Gasteiger partial charge in [-0.1, -0.05) is 0 Å². The average molecular weight is 268 g/mol. The minimum absolute atomic E-state index is 0.103. The van der Waals surface area contributed by atoms with Crippen LogP contribution in [0.1, 0.15) is 24.8 Å². The van der Waals surface area contributed by atoms with Gasteiger partial charge in [0.05, 0.1) is 5.60 Å². The highest BCUT2D eigenvalue weighted by Gasteiger charge is 2.37. The average Bonchev–Trinajstić information content (AvgIpc) is 2.81. The highest BCUT2D eigenvalue weighted by Crippen LogP contribution is 2.34. The first-order valence-corrected chi connectivity index (χ1v) is 7.26. The summed E-state index contributed by atoms with van der Waals surface area (Å²) in [7, 11) is 1.72. The van der Waals surface area contributed by atoms with E-state index in [2.05, 4.69) is 22.1 Å². The van der Waals surface area contributed by atoms with Crippen molar-refractivity contribution in [2.24, 2.45) is 0 Å². The standard InChI is InChI=1S/C13H20N2O2S/c1-17-13(5-2-6-13)10-15-12(16)14-7-3-11-4-8-18-9-11/h4,8-9H,2-3,5-7,10H2,1H3,(H2,14,15,16). The van der Waals surface area contributed by atoms with Crippen molar-refractivity contribution in [3.8, 4) is 0 Å². The summed E-state index contributed by atoms with van der Waals surface area (Å²) in [5, 5.41) is 9.90. The number of ether oxygens (including phenoxy) is 1. The van der Waals surface area contributed by atoms with E-state index in [-0.39, 0.29) is 11.6 Å². The normalized spacial score (nSPS) is 16.9. The Morgan fingerprint density at radius 1 is 1.50 bits per heavy atom. The van der Waals surface area contributed by atoms with Gasteiger partial charge < -0.3 is 15.4 Å². The Bertz CT molecular complexity index is 369. The molecule has 0 bridgehead atoms. The van der Waals surface area contributed by atoms with Gasteiger partial charge in [0.2, 0.25) is 0 Å². The molecule has 1 aromatic heterocycles. The number of amides is 2. The van der Waals surface area contributed by atoms with Crippen molar-refractivity contribution < 1.29 is 9.53 Å². The van der Waals surface area contributed by atoms with Crippen molar-refractivity contribution in [3.05, 3.63) is 22.4 Å². The molecule has 0 atom stereocenters. The van der Waals surface area contributed by atoms with E-state index in [0.717, 1.165) is 19.3 Å². The maximum absolute atomic E-state index is 11.6. The second kappa shape index (κ2) is 6.20. The van der Waals surface area contributed by atoms with E-state index < -0.39 is 0 Å². The fourth-order valence-electron chi connectivity index (χ4n) is 2.08. The van der Waals surface area contributed by atoms with E-state index in [1.165, 1.54) is 12.0 Å². The third-order valence-corrected chi connectivity index (χ3v) is 4.28. The number of methoxy groups -OCH3 is 1. The lowest BCUT2D eigenvalue weighted by Gasteiger charge is -2.40. The van der Waals surface area contributed by atoms with Crippen LogP contribution in [-0.4, -0.2) is 31.8 Å². The van der Waals surface area contributed by atoms with E-state index in [1.807, 2.05) is 5.38 Å². The van der Waals surface area contributed by atoms with Crippen molar-refractivity contribution in [1.82, 2.24) is 10.6 Å². The fourth-order valence-corrected chi connectivity index (χ4v) is 2.79. The van der Waals surface area contributed by atoms with E-state index >= 15 is 0 Å². The van der Waals surface area contributed by atoms with Gasteiger partial charge in [-0.15, -0.1) is 0 Å². The van der Waals surface area contributed by atoms with Crippen LogP contribution in [0.25, 0.3) is 0 Å². The summed E-state index contributed by atoms with van der Waals surface area (Å²) in [6, 6.07) is 1.98. The molecule has 2 amide bonds. The maximum Gasteiger partial charge on any atom is 0.314 e. The van der Waals surface area contributed by atoms with Crippen molar-refractivity contribution in [1.29, 1.82) is 0 Å². The summed E-state index contributed by atoms with van der Waals surface area (Å²) >= 11 is 1.68. The third kappa shape index (κ3) is 3.46. The van der Waals surface area contributed by atoms with Gasteiger partial charge >= 0.3 is 6.03 Å². The zero-order valence-electron chi connectivity index (χ0n) is 10.7. The Kier molecular flexibility index (Phi) is 4.60. The predicted octanol–water partition coefficient (Wildman–Crippen LogP) is 2.16. The quantitative estimate of drug-likeness (QED) is 0.830. The lowest BCUT2D eigenvalue weighted by Crippen LogP contribution is -2.51. The second-order valence-electron chi connectivity index (χ2n) is 4.73. The number of carbonyl (C=O) groups is 1. The molecule has 1 aromatic rings. The zero-order chi connectivity index (χ0) is 12.8. The summed E-state index contributed by atoms with van der Waals surface area (Å²) in [4.78, 5) is 11.6. The lowest BCUT2D eigenvalue weighted by molar-refractivity contribution is -0.0673. The molecular formula is C13H20N2O2S. The van der Waals surface area contributed by atoms with Gasteiger partial charge in [0.15, 0.2) is 0 Å². The van der Waals surface area contributed by atoms with Crippen LogP contribution in [0.5, 0.6) is 0 Å². The maximum atomic E-state index is 11.6. The molecule has 18 heavy (non-hydrogen) atoms. The highest BCUT2D eigenvalue weighted by atomic mass is 32.1. The molecule has 1 aliphatic rings. The summed E-state index contributed by atoms with van der Waals surface area (Å²) in [5.41, 5.74) is 1.16. The molecule has 100 valence electrons. The molecule has 2 N–H and O–H groups in total. The molecule has 5 heteroatoms. The fraction of sp³-hybridized carbons (Fsp3) is 0.615. The van der Waals surface area contributed by atoms with Crippen LogP contribution < -0.4 is 10.6 Å². The van der Waals surface area contributed by atoms with E-state index in [4.69, 9.17) is 4.74 Å². The SMILES string of the molecule is COC1(CNC(=O)NCCc2ccsc2)CCC1. The van der Waals surface area contributed by atoms with Crippen molar-refractivity contribution >= 4 is 17.4 Å². The van der Waals surface area contributed by atoms with Gasteiger partial charge in [-0.25, -0.2) is 4.79 Å². The van der Waals surface area contributed by atoms with Gasteiger partial charge in [0.1, 0.15) is 0 Å². The van der Waals surface area contributed by atoms with Crippen molar-refractivity contribution in [2.75, 3.05) is 20.2 Å². The predicted molar refractivity (Wildman–Crippen MR) is 73.0 cm³/mol. The Morgan fingerprint density at radius 3 is 2.89 bits per heavy atom. The van der Waals surface area contributed by atoms with Gasteiger partial charge in [0.25, 0.3) is 0 Å². The molecule has 2 rings (SSSR count). The molecule has 0 radical (unpaired) electrons. The van der Waals surface area contributed by atoms with Crippen LogP contribution >= 0.6 is 11.3 Å². The Labute approximate surface area is 112 Å². The Balaban J connectivity index is 1.60. The number of thiophene rings is 1. The molecule has 0 spiro atoms. The third-order valence-electron chi connectivity index (χ3n) is 3.55. The second-order valence-corrected chi connectivity index (χ2v) is 5.51. The van der Waals surface area contributed by atoms with Crippen LogP contribution in [0.4, 0.5) is 4.79 Å². The first-order chi connectivity index (χ1) is 8.74. The largest absolute Gasteiger partial charge is 0.376 e. The zero-order valence-corrected chi connectivity index (χ0v) is 11.5. The number of urea groups is 1. The smallest absolute Gasteiger partial charge is 0.314 e.